The van der Waals surface area contributed by atoms with Gasteiger partial charge in [-0.15, -0.1) is 10.2 Å². The standard InChI is InChI=1S/C27H23FN6O2S/c1-33-24(31-32-27(33)37-17-19-11-5-6-12-21(19)28)22(15-18-9-3-2-4-10-18)30-25(35)20-16-29-23-13-7-8-14-34(23)26(20)36/h2-14,16,22H,15,17H2,1H3,(H,30,35)/t22-/m1/s1. The summed E-state index contributed by atoms with van der Waals surface area (Å²) in [5.41, 5.74) is 1.47. The molecule has 0 aliphatic rings. The third-order valence-corrected chi connectivity index (χ3v) is 7.01. The first-order valence-electron chi connectivity index (χ1n) is 11.6. The summed E-state index contributed by atoms with van der Waals surface area (Å²) in [4.78, 5) is 30.5. The fourth-order valence-electron chi connectivity index (χ4n) is 3.99. The summed E-state index contributed by atoms with van der Waals surface area (Å²) in [7, 11) is 1.80. The van der Waals surface area contributed by atoms with E-state index < -0.39 is 17.5 Å². The average Bonchev–Trinajstić information content (AvgIpc) is 3.28. The van der Waals surface area contributed by atoms with Gasteiger partial charge in [0.25, 0.3) is 11.5 Å². The summed E-state index contributed by atoms with van der Waals surface area (Å²) in [5, 5.41) is 12.2. The van der Waals surface area contributed by atoms with Crippen molar-refractivity contribution < 1.29 is 9.18 Å². The molecule has 3 heterocycles. The van der Waals surface area contributed by atoms with Crippen LogP contribution in [0.1, 0.15) is 33.4 Å². The predicted octanol–water partition coefficient (Wildman–Crippen LogP) is 3.97. The third-order valence-electron chi connectivity index (χ3n) is 5.94. The number of hydrogen-bond donors (Lipinski definition) is 1. The Morgan fingerprint density at radius 2 is 1.78 bits per heavy atom. The summed E-state index contributed by atoms with van der Waals surface area (Å²) in [6.45, 7) is 0. The van der Waals surface area contributed by atoms with Gasteiger partial charge in [-0.25, -0.2) is 9.37 Å². The van der Waals surface area contributed by atoms with E-state index in [1.54, 1.807) is 54.2 Å². The maximum atomic E-state index is 14.1. The summed E-state index contributed by atoms with van der Waals surface area (Å²) in [5.74, 6) is 0.0673. The molecule has 1 amide bonds. The molecule has 0 radical (unpaired) electrons. The first-order valence-corrected chi connectivity index (χ1v) is 12.6. The molecule has 0 fully saturated rings. The molecule has 10 heteroatoms. The molecule has 0 unspecified atom stereocenters. The lowest BCUT2D eigenvalue weighted by Crippen LogP contribution is -2.36. The number of aromatic nitrogens is 5. The Bertz CT molecular complexity index is 1620. The largest absolute Gasteiger partial charge is 0.341 e. The van der Waals surface area contributed by atoms with Crippen LogP contribution >= 0.6 is 11.8 Å². The monoisotopic (exact) mass is 514 g/mol. The van der Waals surface area contributed by atoms with Gasteiger partial charge in [-0.3, -0.25) is 14.0 Å². The van der Waals surface area contributed by atoms with Gasteiger partial charge in [0.2, 0.25) is 0 Å². The summed E-state index contributed by atoms with van der Waals surface area (Å²) < 4.78 is 17.2. The van der Waals surface area contributed by atoms with Crippen molar-refractivity contribution >= 4 is 23.3 Å². The molecule has 2 aromatic carbocycles. The number of nitrogens with zero attached hydrogens (tertiary/aromatic N) is 5. The van der Waals surface area contributed by atoms with E-state index in [1.807, 2.05) is 30.3 Å². The maximum Gasteiger partial charge on any atom is 0.270 e. The number of rotatable bonds is 8. The van der Waals surface area contributed by atoms with Crippen molar-refractivity contribution in [3.05, 3.63) is 124 Å². The minimum Gasteiger partial charge on any atom is -0.341 e. The van der Waals surface area contributed by atoms with Crippen LogP contribution in [-0.2, 0) is 19.2 Å². The maximum absolute atomic E-state index is 14.1. The highest BCUT2D eigenvalue weighted by Gasteiger charge is 2.24. The highest BCUT2D eigenvalue weighted by Crippen LogP contribution is 2.25. The Morgan fingerprint density at radius 1 is 1.03 bits per heavy atom. The van der Waals surface area contributed by atoms with E-state index in [2.05, 4.69) is 20.5 Å². The SMILES string of the molecule is Cn1c(SCc2ccccc2F)nnc1[C@@H](Cc1ccccc1)NC(=O)c1cnc2ccccn2c1=O. The minimum atomic E-state index is -0.578. The Labute approximate surface area is 216 Å². The van der Waals surface area contributed by atoms with Crippen LogP contribution in [0.3, 0.4) is 0 Å². The molecule has 37 heavy (non-hydrogen) atoms. The normalized spacial score (nSPS) is 11.9. The van der Waals surface area contributed by atoms with Gasteiger partial charge in [0.15, 0.2) is 11.0 Å². The molecular formula is C27H23FN6O2S. The van der Waals surface area contributed by atoms with Crippen molar-refractivity contribution in [2.24, 2.45) is 7.05 Å². The molecule has 5 rings (SSSR count). The quantitative estimate of drug-likeness (QED) is 0.315. The van der Waals surface area contributed by atoms with Crippen LogP contribution in [0.15, 0.2) is 95.1 Å². The van der Waals surface area contributed by atoms with Gasteiger partial charge in [0.05, 0.1) is 6.04 Å². The molecule has 186 valence electrons. The number of carbonyl (C=O) groups excluding carboxylic acids is 1. The van der Waals surface area contributed by atoms with Gasteiger partial charge in [0, 0.05) is 25.2 Å². The van der Waals surface area contributed by atoms with Gasteiger partial charge in [-0.2, -0.15) is 0 Å². The molecule has 5 aromatic rings. The van der Waals surface area contributed by atoms with Crippen LogP contribution in [0.2, 0.25) is 0 Å². The van der Waals surface area contributed by atoms with Crippen LogP contribution in [-0.4, -0.2) is 30.1 Å². The van der Waals surface area contributed by atoms with Crippen LogP contribution < -0.4 is 10.9 Å². The third kappa shape index (κ3) is 5.29. The zero-order valence-corrected chi connectivity index (χ0v) is 20.7. The molecule has 1 N–H and O–H groups in total. The van der Waals surface area contributed by atoms with Gasteiger partial charge in [-0.1, -0.05) is 66.4 Å². The number of benzene rings is 2. The lowest BCUT2D eigenvalue weighted by atomic mass is 10.0. The number of fused-ring (bicyclic) bond motifs is 1. The number of thioether (sulfide) groups is 1. The smallest absolute Gasteiger partial charge is 0.270 e. The van der Waals surface area contributed by atoms with E-state index in [0.29, 0.717) is 34.4 Å². The first-order chi connectivity index (χ1) is 18.0. The highest BCUT2D eigenvalue weighted by atomic mass is 32.2. The molecule has 3 aromatic heterocycles. The topological polar surface area (TPSA) is 94.2 Å². The second-order valence-corrected chi connectivity index (χ2v) is 9.34. The molecule has 0 saturated heterocycles. The number of carbonyl (C=O) groups is 1. The molecule has 8 nitrogen and oxygen atoms in total. The summed E-state index contributed by atoms with van der Waals surface area (Å²) in [6.07, 6.45) is 3.29. The van der Waals surface area contributed by atoms with E-state index in [9.17, 15) is 14.0 Å². The Kier molecular flexibility index (Phi) is 7.09. The second kappa shape index (κ2) is 10.8. The minimum absolute atomic E-state index is 0.0712. The van der Waals surface area contributed by atoms with Crippen molar-refractivity contribution in [1.29, 1.82) is 0 Å². The summed E-state index contributed by atoms with van der Waals surface area (Å²) in [6, 6.07) is 20.8. The van der Waals surface area contributed by atoms with Crippen LogP contribution in [0.5, 0.6) is 0 Å². The van der Waals surface area contributed by atoms with Crippen molar-refractivity contribution in [3.8, 4) is 0 Å². The zero-order valence-electron chi connectivity index (χ0n) is 19.9. The summed E-state index contributed by atoms with van der Waals surface area (Å²) >= 11 is 1.35. The Hall–Kier alpha value is -4.31. The molecular weight excluding hydrogens is 491 g/mol. The highest BCUT2D eigenvalue weighted by molar-refractivity contribution is 7.98. The lowest BCUT2D eigenvalue weighted by molar-refractivity contribution is 0.0932. The lowest BCUT2D eigenvalue weighted by Gasteiger charge is -2.18. The number of hydrogen-bond acceptors (Lipinski definition) is 6. The van der Waals surface area contributed by atoms with Crippen molar-refractivity contribution in [3.63, 3.8) is 0 Å². The molecule has 0 aliphatic heterocycles. The molecule has 1 atom stereocenters. The molecule has 0 saturated carbocycles. The Morgan fingerprint density at radius 3 is 2.59 bits per heavy atom. The van der Waals surface area contributed by atoms with Gasteiger partial charge >= 0.3 is 0 Å². The van der Waals surface area contributed by atoms with E-state index in [-0.39, 0.29) is 11.4 Å². The molecule has 0 aliphatic carbocycles. The van der Waals surface area contributed by atoms with Crippen molar-refractivity contribution in [1.82, 2.24) is 29.5 Å². The Balaban J connectivity index is 1.43. The van der Waals surface area contributed by atoms with Crippen LogP contribution in [0, 0.1) is 5.82 Å². The van der Waals surface area contributed by atoms with Gasteiger partial charge in [0.1, 0.15) is 17.0 Å². The average molecular weight is 515 g/mol. The second-order valence-electron chi connectivity index (χ2n) is 8.40. The fourth-order valence-corrected chi connectivity index (χ4v) is 4.89. The predicted molar refractivity (Wildman–Crippen MR) is 139 cm³/mol. The number of amides is 1. The zero-order chi connectivity index (χ0) is 25.8. The van der Waals surface area contributed by atoms with E-state index in [1.165, 1.54) is 28.4 Å². The number of nitrogens with one attached hydrogen (secondary N) is 1. The van der Waals surface area contributed by atoms with Crippen molar-refractivity contribution in [2.45, 2.75) is 23.4 Å². The molecule has 0 spiro atoms. The van der Waals surface area contributed by atoms with Crippen LogP contribution in [0.4, 0.5) is 4.39 Å². The van der Waals surface area contributed by atoms with E-state index in [4.69, 9.17) is 0 Å². The van der Waals surface area contributed by atoms with Gasteiger partial charge < -0.3 is 9.88 Å². The number of halogens is 1. The fraction of sp³-hybridized carbons (Fsp3) is 0.148. The van der Waals surface area contributed by atoms with Gasteiger partial charge in [-0.05, 0) is 35.7 Å². The van der Waals surface area contributed by atoms with Crippen LogP contribution in [0.25, 0.3) is 5.65 Å². The molecule has 0 bridgehead atoms. The first kappa shape index (κ1) is 24.4. The van der Waals surface area contributed by atoms with E-state index in [0.717, 1.165) is 5.56 Å². The number of pyridine rings is 1. The van der Waals surface area contributed by atoms with E-state index >= 15 is 0 Å². The van der Waals surface area contributed by atoms with Crippen molar-refractivity contribution in [2.75, 3.05) is 0 Å².